The van der Waals surface area contributed by atoms with Crippen LogP contribution < -0.4 is 5.32 Å². The van der Waals surface area contributed by atoms with Gasteiger partial charge in [-0.2, -0.15) is 27.1 Å². The molecule has 0 aliphatic heterocycles. The monoisotopic (exact) mass is 605 g/mol. The Morgan fingerprint density at radius 3 is 2.15 bits per heavy atom. The molecule has 0 fully saturated rings. The van der Waals surface area contributed by atoms with E-state index in [0.29, 0.717) is 18.8 Å². The summed E-state index contributed by atoms with van der Waals surface area (Å²) < 4.78 is 96.0. The molecule has 0 bridgehead atoms. The van der Waals surface area contributed by atoms with Gasteiger partial charge in [0.15, 0.2) is 6.10 Å². The van der Waals surface area contributed by atoms with Gasteiger partial charge in [-0.3, -0.25) is 14.6 Å². The number of aliphatic hydroxyl groups excluding tert-OH is 1. The second-order valence-electron chi connectivity index (χ2n) is 10.5. The number of hydrogen-bond acceptors (Lipinski definition) is 6. The van der Waals surface area contributed by atoms with Gasteiger partial charge in [0.1, 0.15) is 11.1 Å². The van der Waals surface area contributed by atoms with E-state index in [0.717, 1.165) is 16.8 Å². The molecular formula is C27H33F5N3O5P. The average Bonchev–Trinajstić information content (AvgIpc) is 3.29. The van der Waals surface area contributed by atoms with Crippen molar-refractivity contribution in [2.24, 2.45) is 0 Å². The average molecular weight is 606 g/mol. The zero-order valence-corrected chi connectivity index (χ0v) is 24.3. The number of carbonyl (C=O) groups is 1. The van der Waals surface area contributed by atoms with Crippen molar-refractivity contribution in [3.05, 3.63) is 59.8 Å². The van der Waals surface area contributed by atoms with Crippen molar-refractivity contribution in [2.45, 2.75) is 70.1 Å². The molecule has 2 aromatic carbocycles. The summed E-state index contributed by atoms with van der Waals surface area (Å²) in [6.45, 7) is 8.16. The van der Waals surface area contributed by atoms with Crippen LogP contribution in [0, 0.1) is 0 Å². The highest BCUT2D eigenvalue weighted by atomic mass is 31.2. The molecule has 0 radical (unpaired) electrons. The van der Waals surface area contributed by atoms with E-state index in [-0.39, 0.29) is 35.2 Å². The number of nitrogens with one attached hydrogen (secondary N) is 1. The number of amides is 1. The summed E-state index contributed by atoms with van der Waals surface area (Å²) in [5, 5.41) is 18.5. The van der Waals surface area contributed by atoms with Crippen LogP contribution >= 0.6 is 7.37 Å². The number of hydrogen-bond donors (Lipinski definition) is 2. The molecule has 0 saturated carbocycles. The Bertz CT molecular complexity index is 1440. The van der Waals surface area contributed by atoms with Crippen LogP contribution in [0.15, 0.2) is 48.7 Å². The largest absolute Gasteiger partial charge is 0.444 e. The Hall–Kier alpha value is -3.02. The summed E-state index contributed by atoms with van der Waals surface area (Å²) in [6, 6.07) is 7.86. The quantitative estimate of drug-likeness (QED) is 0.194. The predicted molar refractivity (Wildman–Crippen MR) is 145 cm³/mol. The molecule has 8 nitrogen and oxygen atoms in total. The van der Waals surface area contributed by atoms with Crippen LogP contribution in [0.3, 0.4) is 0 Å². The molecule has 14 heteroatoms. The maximum Gasteiger partial charge on any atom is 0.416 e. The smallest absolute Gasteiger partial charge is 0.416 e. The van der Waals surface area contributed by atoms with Crippen molar-refractivity contribution in [3.8, 4) is 0 Å². The van der Waals surface area contributed by atoms with E-state index >= 15 is 8.78 Å². The molecule has 41 heavy (non-hydrogen) atoms. The van der Waals surface area contributed by atoms with Crippen LogP contribution in [0.2, 0.25) is 0 Å². The number of fused-ring (bicyclic) bond motifs is 1. The first kappa shape index (κ1) is 32.5. The van der Waals surface area contributed by atoms with Gasteiger partial charge in [-0.1, -0.05) is 25.1 Å². The van der Waals surface area contributed by atoms with Crippen LogP contribution in [-0.4, -0.2) is 51.6 Å². The van der Waals surface area contributed by atoms with Gasteiger partial charge >= 0.3 is 17.9 Å². The second kappa shape index (κ2) is 11.3. The Morgan fingerprint density at radius 1 is 1.05 bits per heavy atom. The number of nitrogens with zero attached hydrogens (tertiary/aromatic N) is 2. The summed E-state index contributed by atoms with van der Waals surface area (Å²) in [4.78, 5) is 12.4. The highest BCUT2D eigenvalue weighted by molar-refractivity contribution is 7.59. The summed E-state index contributed by atoms with van der Waals surface area (Å²) in [5.41, 5.74) is -8.22. The van der Waals surface area contributed by atoms with Gasteiger partial charge in [0.25, 0.3) is 7.37 Å². The first-order valence-electron chi connectivity index (χ1n) is 12.7. The fourth-order valence-corrected chi connectivity index (χ4v) is 5.95. The van der Waals surface area contributed by atoms with Gasteiger partial charge in [-0.15, -0.1) is 0 Å². The number of anilines is 1. The zero-order valence-electron chi connectivity index (χ0n) is 23.4. The highest BCUT2D eigenvalue weighted by Gasteiger charge is 2.62. The highest BCUT2D eigenvalue weighted by Crippen LogP contribution is 2.62. The lowest BCUT2D eigenvalue weighted by Gasteiger charge is -2.43. The number of carbonyl (C=O) groups excluding carboxylic acids is 1. The number of halogens is 5. The predicted octanol–water partition coefficient (Wildman–Crippen LogP) is 7.45. The molecular weight excluding hydrogens is 572 g/mol. The lowest BCUT2D eigenvalue weighted by Crippen LogP contribution is -2.54. The minimum absolute atomic E-state index is 0.146. The van der Waals surface area contributed by atoms with E-state index < -0.39 is 48.1 Å². The molecule has 3 rings (SSSR count). The number of aromatic nitrogens is 2. The van der Waals surface area contributed by atoms with Gasteiger partial charge in [-0.05, 0) is 63.9 Å². The minimum atomic E-state index is -4.81. The first-order chi connectivity index (χ1) is 18.8. The fourth-order valence-electron chi connectivity index (χ4n) is 4.62. The number of aliphatic hydroxyl groups is 1. The molecule has 0 aliphatic rings. The van der Waals surface area contributed by atoms with Crippen LogP contribution in [0.1, 0.15) is 52.2 Å². The normalized spacial score (nSPS) is 16.6. The number of benzene rings is 2. The van der Waals surface area contributed by atoms with Gasteiger partial charge < -0.3 is 14.4 Å². The van der Waals surface area contributed by atoms with Gasteiger partial charge in [0, 0.05) is 12.1 Å². The maximum atomic E-state index is 15.9. The van der Waals surface area contributed by atoms with E-state index in [2.05, 4.69) is 10.4 Å². The van der Waals surface area contributed by atoms with Crippen molar-refractivity contribution in [1.29, 1.82) is 0 Å². The van der Waals surface area contributed by atoms with Crippen molar-refractivity contribution < 1.29 is 45.7 Å². The number of rotatable bonds is 9. The SMILES string of the molecule is CCOP(C)(=O)C(F)(F)C(O)C(CC)(c1ccc(C(F)(F)F)cc1)n1ncc2c(NC(=O)OC(C)(C)C)cccc21. The second-order valence-corrected chi connectivity index (χ2v) is 13.1. The van der Waals surface area contributed by atoms with E-state index in [9.17, 15) is 27.6 Å². The van der Waals surface area contributed by atoms with Crippen molar-refractivity contribution in [2.75, 3.05) is 18.6 Å². The lowest BCUT2D eigenvalue weighted by atomic mass is 9.81. The zero-order chi connectivity index (χ0) is 31.0. The van der Waals surface area contributed by atoms with Gasteiger partial charge in [-0.25, -0.2) is 4.79 Å². The molecule has 2 N–H and O–H groups in total. The van der Waals surface area contributed by atoms with Crippen molar-refractivity contribution in [3.63, 3.8) is 0 Å². The first-order valence-corrected chi connectivity index (χ1v) is 14.8. The van der Waals surface area contributed by atoms with Crippen LogP contribution in [-0.2, 0) is 25.5 Å². The lowest BCUT2D eigenvalue weighted by molar-refractivity contribution is -0.137. The summed E-state index contributed by atoms with van der Waals surface area (Å²) >= 11 is 0. The minimum Gasteiger partial charge on any atom is -0.444 e. The van der Waals surface area contributed by atoms with Crippen LogP contribution in [0.4, 0.5) is 32.4 Å². The van der Waals surface area contributed by atoms with Crippen molar-refractivity contribution >= 4 is 30.1 Å². The van der Waals surface area contributed by atoms with Crippen molar-refractivity contribution in [1.82, 2.24) is 9.78 Å². The molecule has 1 amide bonds. The molecule has 0 saturated heterocycles. The third-order valence-electron chi connectivity index (χ3n) is 6.58. The molecule has 3 aromatic rings. The molecule has 1 aromatic heterocycles. The fraction of sp³-hybridized carbons (Fsp3) is 0.481. The molecule has 3 unspecified atom stereocenters. The third kappa shape index (κ3) is 6.27. The topological polar surface area (TPSA) is 103 Å². The standard InChI is InChI=1S/C27H33F5N3O5P/c1-7-25(17-12-14-18(15-13-17)26(28,29)30,22(36)27(31,32)41(6,38)39-8-2)35-21-11-9-10-20(19(21)16-33-35)34-23(37)40-24(3,4)5/h9-16,22,36H,7-8H2,1-6H3,(H,34,37). The Morgan fingerprint density at radius 2 is 1.63 bits per heavy atom. The van der Waals surface area contributed by atoms with Crippen LogP contribution in [0.25, 0.3) is 10.9 Å². The number of alkyl halides is 5. The molecule has 3 atom stereocenters. The van der Waals surface area contributed by atoms with Gasteiger partial charge in [0.05, 0.1) is 29.6 Å². The van der Waals surface area contributed by atoms with E-state index in [1.165, 1.54) is 38.2 Å². The van der Waals surface area contributed by atoms with E-state index in [1.54, 1.807) is 20.8 Å². The maximum absolute atomic E-state index is 15.9. The molecule has 0 spiro atoms. The van der Waals surface area contributed by atoms with Gasteiger partial charge in [0.2, 0.25) is 0 Å². The Labute approximate surface area is 234 Å². The molecule has 0 aliphatic carbocycles. The Balaban J connectivity index is 2.29. The number of ether oxygens (including phenoxy) is 1. The Kier molecular flexibility index (Phi) is 8.99. The third-order valence-corrected chi connectivity index (χ3v) is 8.66. The molecule has 1 heterocycles. The van der Waals surface area contributed by atoms with E-state index in [4.69, 9.17) is 9.26 Å². The van der Waals surface area contributed by atoms with Crippen LogP contribution in [0.5, 0.6) is 0 Å². The molecule has 226 valence electrons. The summed E-state index contributed by atoms with van der Waals surface area (Å²) in [6.07, 6.45) is -7.33. The van der Waals surface area contributed by atoms with E-state index in [1.807, 2.05) is 0 Å². The summed E-state index contributed by atoms with van der Waals surface area (Å²) in [7, 11) is -4.81. The summed E-state index contributed by atoms with van der Waals surface area (Å²) in [5.74, 6) is 0.